The maximum Gasteiger partial charge on any atom is 0.336 e. The first-order chi connectivity index (χ1) is 10.1. The molecule has 118 valence electrons. The second-order valence-electron chi connectivity index (χ2n) is 6.39. The predicted octanol–water partition coefficient (Wildman–Crippen LogP) is 0.291. The summed E-state index contributed by atoms with van der Waals surface area (Å²) in [4.78, 5) is 17.6. The fourth-order valence-electron chi connectivity index (χ4n) is 3.89. The highest BCUT2D eigenvalue weighted by Gasteiger charge is 2.75. The van der Waals surface area contributed by atoms with E-state index in [1.807, 2.05) is 19.1 Å². The minimum Gasteiger partial charge on any atom is -0.455 e. The third kappa shape index (κ3) is 1.97. The Bertz CT molecular complexity index is 451. The average molecular weight is 297 g/mol. The summed E-state index contributed by atoms with van der Waals surface area (Å²) in [5.74, 6) is -0.697. The quantitative estimate of drug-likeness (QED) is 0.511. The van der Waals surface area contributed by atoms with E-state index in [-0.39, 0.29) is 18.4 Å². The third-order valence-electron chi connectivity index (χ3n) is 5.32. The highest BCUT2D eigenvalue weighted by molar-refractivity contribution is 5.90. The van der Waals surface area contributed by atoms with Crippen molar-refractivity contribution in [2.45, 2.75) is 49.9 Å². The van der Waals surface area contributed by atoms with Gasteiger partial charge >= 0.3 is 5.97 Å². The molecule has 21 heavy (non-hydrogen) atoms. The lowest BCUT2D eigenvalue weighted by atomic mass is 9.61. The van der Waals surface area contributed by atoms with Crippen LogP contribution in [0.2, 0.25) is 0 Å². The summed E-state index contributed by atoms with van der Waals surface area (Å²) in [7, 11) is 0. The van der Waals surface area contributed by atoms with Crippen LogP contribution >= 0.6 is 0 Å². The predicted molar refractivity (Wildman–Crippen MR) is 74.0 cm³/mol. The smallest absolute Gasteiger partial charge is 0.336 e. The lowest BCUT2D eigenvalue weighted by Crippen LogP contribution is -2.87. The molecule has 5 atom stereocenters. The van der Waals surface area contributed by atoms with Crippen molar-refractivity contribution in [2.24, 2.45) is 11.8 Å². The van der Waals surface area contributed by atoms with Gasteiger partial charge in [-0.05, 0) is 32.6 Å². The van der Waals surface area contributed by atoms with Crippen LogP contribution in [0.1, 0.15) is 32.6 Å². The summed E-state index contributed by atoms with van der Waals surface area (Å²) >= 11 is 0. The molecule has 6 nitrogen and oxygen atoms in total. The van der Waals surface area contributed by atoms with Crippen molar-refractivity contribution in [3.05, 3.63) is 12.2 Å². The van der Waals surface area contributed by atoms with Crippen LogP contribution in [-0.4, -0.2) is 46.6 Å². The number of hydrogen-bond acceptors (Lipinski definition) is 6. The topological polar surface area (TPSA) is 88.0 Å². The number of hydroxylamine groups is 1. The van der Waals surface area contributed by atoms with E-state index in [0.717, 1.165) is 19.3 Å². The van der Waals surface area contributed by atoms with Gasteiger partial charge in [0.05, 0.1) is 12.7 Å². The molecule has 6 heteroatoms. The molecular formula is C15H23NO5. The van der Waals surface area contributed by atoms with Crippen molar-refractivity contribution in [2.75, 3.05) is 13.2 Å². The number of aliphatic hydroxyl groups is 2. The summed E-state index contributed by atoms with van der Waals surface area (Å²) in [6.07, 6.45) is 6.45. The fourth-order valence-corrected chi connectivity index (χ4v) is 3.89. The van der Waals surface area contributed by atoms with Crippen LogP contribution in [-0.2, 0) is 14.4 Å². The molecule has 2 fully saturated rings. The Kier molecular flexibility index (Phi) is 3.81. The van der Waals surface area contributed by atoms with E-state index in [2.05, 4.69) is 5.48 Å². The molecule has 0 spiro atoms. The molecule has 0 radical (unpaired) electrons. The van der Waals surface area contributed by atoms with Crippen molar-refractivity contribution in [1.29, 1.82) is 0 Å². The average Bonchev–Trinajstić information content (AvgIpc) is 2.49. The lowest BCUT2D eigenvalue weighted by Gasteiger charge is -2.62. The Morgan fingerprint density at radius 2 is 2.38 bits per heavy atom. The number of carbonyl (C=O) groups excluding carboxylic acids is 1. The van der Waals surface area contributed by atoms with E-state index in [0.29, 0.717) is 13.0 Å². The lowest BCUT2D eigenvalue weighted by molar-refractivity contribution is -0.310. The first kappa shape index (κ1) is 15.0. The number of esters is 1. The van der Waals surface area contributed by atoms with Gasteiger partial charge in [-0.15, -0.1) is 0 Å². The minimum absolute atomic E-state index is 0.00330. The zero-order valence-electron chi connectivity index (χ0n) is 12.2. The summed E-state index contributed by atoms with van der Waals surface area (Å²) in [6, 6.07) is 0. The van der Waals surface area contributed by atoms with Gasteiger partial charge in [-0.3, -0.25) is 0 Å². The van der Waals surface area contributed by atoms with Crippen LogP contribution in [0.3, 0.4) is 0 Å². The number of hydrogen-bond donors (Lipinski definition) is 3. The van der Waals surface area contributed by atoms with Gasteiger partial charge in [0.25, 0.3) is 0 Å². The Morgan fingerprint density at radius 1 is 1.57 bits per heavy atom. The van der Waals surface area contributed by atoms with Gasteiger partial charge in [-0.2, -0.15) is 5.48 Å². The van der Waals surface area contributed by atoms with Crippen LogP contribution in [0.5, 0.6) is 0 Å². The monoisotopic (exact) mass is 297 g/mol. The van der Waals surface area contributed by atoms with Gasteiger partial charge in [-0.25, -0.2) is 4.79 Å². The molecule has 0 saturated carbocycles. The number of rotatable bonds is 4. The molecular weight excluding hydrogens is 274 g/mol. The standard InChI is InChI=1S/C15H23NO5/c1-14-11(7-8-17)9-20-16-15(14,13(19)21-14)12(18)10-5-3-2-4-6-10/h3,5,10-12,16-18H,2,4,6-9H2,1H3. The molecule has 0 aromatic carbocycles. The molecule has 2 saturated heterocycles. The molecule has 5 unspecified atom stereocenters. The molecule has 1 aliphatic carbocycles. The summed E-state index contributed by atoms with van der Waals surface area (Å²) in [5, 5.41) is 20.1. The van der Waals surface area contributed by atoms with E-state index in [4.69, 9.17) is 9.57 Å². The number of aliphatic hydroxyl groups excluding tert-OH is 2. The molecule has 0 aromatic rings. The Balaban J connectivity index is 1.90. The molecule has 3 N–H and O–H groups in total. The second kappa shape index (κ2) is 5.35. The van der Waals surface area contributed by atoms with Crippen molar-refractivity contribution in [3.63, 3.8) is 0 Å². The zero-order chi connectivity index (χ0) is 15.1. The molecule has 0 bridgehead atoms. The van der Waals surface area contributed by atoms with Crippen molar-refractivity contribution in [3.8, 4) is 0 Å². The Labute approximate surface area is 124 Å². The molecule has 2 aliphatic heterocycles. The van der Waals surface area contributed by atoms with Crippen LogP contribution in [0, 0.1) is 11.8 Å². The summed E-state index contributed by atoms with van der Waals surface area (Å²) < 4.78 is 5.43. The minimum atomic E-state index is -1.24. The Hall–Kier alpha value is -0.950. The maximum atomic E-state index is 12.2. The van der Waals surface area contributed by atoms with Gasteiger partial charge in [0.15, 0.2) is 0 Å². The molecule has 2 heterocycles. The second-order valence-corrected chi connectivity index (χ2v) is 6.39. The van der Waals surface area contributed by atoms with Gasteiger partial charge in [0.1, 0.15) is 5.60 Å². The van der Waals surface area contributed by atoms with E-state index in [1.165, 1.54) is 0 Å². The summed E-state index contributed by atoms with van der Waals surface area (Å²) in [5.41, 5.74) is 0.678. The summed E-state index contributed by atoms with van der Waals surface area (Å²) in [6.45, 7) is 2.16. The van der Waals surface area contributed by atoms with Crippen molar-refractivity contribution < 1.29 is 24.6 Å². The van der Waals surface area contributed by atoms with Gasteiger partial charge in [-0.1, -0.05) is 12.2 Å². The first-order valence-electron chi connectivity index (χ1n) is 7.64. The number of carbonyl (C=O) groups is 1. The third-order valence-corrected chi connectivity index (χ3v) is 5.32. The van der Waals surface area contributed by atoms with E-state index in [1.54, 1.807) is 0 Å². The number of ether oxygens (including phenoxy) is 1. The van der Waals surface area contributed by atoms with Gasteiger partial charge in [0, 0.05) is 18.4 Å². The highest BCUT2D eigenvalue weighted by atomic mass is 16.7. The largest absolute Gasteiger partial charge is 0.455 e. The Morgan fingerprint density at radius 3 is 3.00 bits per heavy atom. The van der Waals surface area contributed by atoms with Gasteiger partial charge < -0.3 is 19.8 Å². The zero-order valence-corrected chi connectivity index (χ0v) is 12.2. The molecule has 3 rings (SSSR count). The maximum absolute atomic E-state index is 12.2. The number of nitrogens with one attached hydrogen (secondary N) is 1. The molecule has 0 amide bonds. The molecule has 3 aliphatic rings. The van der Waals surface area contributed by atoms with Crippen molar-refractivity contribution >= 4 is 5.97 Å². The van der Waals surface area contributed by atoms with E-state index in [9.17, 15) is 15.0 Å². The van der Waals surface area contributed by atoms with E-state index < -0.39 is 23.2 Å². The highest BCUT2D eigenvalue weighted by Crippen LogP contribution is 2.51. The van der Waals surface area contributed by atoms with E-state index >= 15 is 0 Å². The molecule has 0 aromatic heterocycles. The van der Waals surface area contributed by atoms with Crippen LogP contribution in [0.25, 0.3) is 0 Å². The van der Waals surface area contributed by atoms with Crippen molar-refractivity contribution in [1.82, 2.24) is 5.48 Å². The SMILES string of the molecule is CC12OC(=O)C1(C(O)C1C=CCCC1)NOCC2CCO. The van der Waals surface area contributed by atoms with Gasteiger partial charge in [0.2, 0.25) is 5.54 Å². The van der Waals surface area contributed by atoms with Crippen LogP contribution in [0.4, 0.5) is 0 Å². The fraction of sp³-hybridized carbons (Fsp3) is 0.800. The normalized spacial score (nSPS) is 43.7. The number of fused-ring (bicyclic) bond motifs is 1. The number of allylic oxidation sites excluding steroid dienone is 1. The first-order valence-corrected chi connectivity index (χ1v) is 7.64. The van der Waals surface area contributed by atoms with Crippen LogP contribution < -0.4 is 5.48 Å². The van der Waals surface area contributed by atoms with Crippen LogP contribution in [0.15, 0.2) is 12.2 Å².